The maximum atomic E-state index is 10.8. The molecule has 0 aromatic rings. The van der Waals surface area contributed by atoms with Gasteiger partial charge in [-0.2, -0.15) is 0 Å². The van der Waals surface area contributed by atoms with Gasteiger partial charge in [0, 0.05) is 12.5 Å². The Bertz CT molecular complexity index is 167. The van der Waals surface area contributed by atoms with E-state index < -0.39 is 5.97 Å². The number of hydrogen-bond donors (Lipinski definition) is 1. The molecular weight excluding hydrogens is 156 g/mol. The highest BCUT2D eigenvalue weighted by molar-refractivity contribution is 5.70. The molecule has 0 bridgehead atoms. The van der Waals surface area contributed by atoms with Crippen molar-refractivity contribution >= 4 is 5.97 Å². The van der Waals surface area contributed by atoms with Crippen molar-refractivity contribution in [3.05, 3.63) is 0 Å². The summed E-state index contributed by atoms with van der Waals surface area (Å²) in [5.41, 5.74) is 0. The fourth-order valence-electron chi connectivity index (χ4n) is 1.94. The van der Waals surface area contributed by atoms with Gasteiger partial charge >= 0.3 is 5.97 Å². The van der Waals surface area contributed by atoms with Crippen LogP contribution in [0.4, 0.5) is 0 Å². The molecule has 0 aliphatic carbocycles. The highest BCUT2D eigenvalue weighted by atomic mass is 16.5. The molecule has 3 atom stereocenters. The minimum Gasteiger partial charge on any atom is -0.481 e. The third kappa shape index (κ3) is 1.78. The Balaban J connectivity index is 2.58. The van der Waals surface area contributed by atoms with Gasteiger partial charge in [-0.05, 0) is 19.8 Å². The van der Waals surface area contributed by atoms with Crippen LogP contribution in [-0.4, -0.2) is 23.8 Å². The molecule has 3 unspecified atom stereocenters. The molecule has 3 heteroatoms. The normalized spacial score (nSPS) is 31.8. The quantitative estimate of drug-likeness (QED) is 0.702. The molecule has 1 saturated heterocycles. The molecule has 0 spiro atoms. The summed E-state index contributed by atoms with van der Waals surface area (Å²) in [5, 5.41) is 8.90. The number of carboxylic acid groups (broad SMARTS) is 1. The summed E-state index contributed by atoms with van der Waals surface area (Å²) in [6.07, 6.45) is 1.71. The number of ether oxygens (including phenoxy) is 1. The fourth-order valence-corrected chi connectivity index (χ4v) is 1.94. The Morgan fingerprint density at radius 1 is 1.75 bits per heavy atom. The zero-order valence-electron chi connectivity index (χ0n) is 7.62. The van der Waals surface area contributed by atoms with Gasteiger partial charge in [0.05, 0.1) is 12.0 Å². The van der Waals surface area contributed by atoms with Crippen molar-refractivity contribution in [2.24, 2.45) is 11.8 Å². The van der Waals surface area contributed by atoms with Crippen molar-refractivity contribution in [3.8, 4) is 0 Å². The van der Waals surface area contributed by atoms with E-state index in [2.05, 4.69) is 0 Å². The molecule has 70 valence electrons. The third-order valence-corrected chi connectivity index (χ3v) is 2.71. The standard InChI is InChI=1S/C9H16O3/c1-3-7(9(10)11)8-4-5-12-6(8)2/h6-8H,3-5H2,1-2H3,(H,10,11). The van der Waals surface area contributed by atoms with Crippen LogP contribution in [0.5, 0.6) is 0 Å². The van der Waals surface area contributed by atoms with Gasteiger partial charge in [0.25, 0.3) is 0 Å². The molecule has 1 fully saturated rings. The minimum absolute atomic E-state index is 0.117. The molecule has 1 aliphatic heterocycles. The summed E-state index contributed by atoms with van der Waals surface area (Å²) < 4.78 is 5.34. The molecule has 1 N–H and O–H groups in total. The molecule has 0 aromatic heterocycles. The third-order valence-electron chi connectivity index (χ3n) is 2.71. The molecule has 12 heavy (non-hydrogen) atoms. The van der Waals surface area contributed by atoms with Gasteiger partial charge in [-0.25, -0.2) is 0 Å². The molecule has 0 aromatic carbocycles. The second-order valence-electron chi connectivity index (χ2n) is 3.38. The van der Waals surface area contributed by atoms with Gasteiger partial charge in [0.15, 0.2) is 0 Å². The van der Waals surface area contributed by atoms with Crippen molar-refractivity contribution in [3.63, 3.8) is 0 Å². The van der Waals surface area contributed by atoms with Gasteiger partial charge < -0.3 is 9.84 Å². The lowest BCUT2D eigenvalue weighted by Gasteiger charge is -2.20. The maximum Gasteiger partial charge on any atom is 0.306 e. The Morgan fingerprint density at radius 3 is 2.75 bits per heavy atom. The summed E-state index contributed by atoms with van der Waals surface area (Å²) in [4.78, 5) is 10.8. The van der Waals surface area contributed by atoms with Gasteiger partial charge in [-0.1, -0.05) is 6.92 Å². The monoisotopic (exact) mass is 172 g/mol. The average molecular weight is 172 g/mol. The van der Waals surface area contributed by atoms with E-state index in [1.54, 1.807) is 0 Å². The Labute approximate surface area is 72.7 Å². The highest BCUT2D eigenvalue weighted by Gasteiger charge is 2.34. The summed E-state index contributed by atoms with van der Waals surface area (Å²) in [5.74, 6) is -0.685. The van der Waals surface area contributed by atoms with E-state index in [0.29, 0.717) is 6.42 Å². The summed E-state index contributed by atoms with van der Waals surface area (Å²) >= 11 is 0. The van der Waals surface area contributed by atoms with E-state index in [4.69, 9.17) is 9.84 Å². The van der Waals surface area contributed by atoms with Crippen molar-refractivity contribution in [2.75, 3.05) is 6.61 Å². The zero-order chi connectivity index (χ0) is 9.14. The van der Waals surface area contributed by atoms with E-state index in [0.717, 1.165) is 13.0 Å². The van der Waals surface area contributed by atoms with Crippen LogP contribution in [0.15, 0.2) is 0 Å². The summed E-state index contributed by atoms with van der Waals surface area (Å²) in [6, 6.07) is 0. The van der Waals surface area contributed by atoms with Crippen LogP contribution < -0.4 is 0 Å². The first-order valence-corrected chi connectivity index (χ1v) is 4.51. The second kappa shape index (κ2) is 3.90. The molecule has 1 heterocycles. The van der Waals surface area contributed by atoms with Crippen molar-refractivity contribution in [1.29, 1.82) is 0 Å². The molecule has 0 radical (unpaired) electrons. The second-order valence-corrected chi connectivity index (χ2v) is 3.38. The average Bonchev–Trinajstić information content (AvgIpc) is 2.38. The number of aliphatic carboxylic acids is 1. The van der Waals surface area contributed by atoms with Crippen LogP contribution in [0.3, 0.4) is 0 Å². The summed E-state index contributed by atoms with van der Waals surface area (Å²) in [6.45, 7) is 4.60. The molecule has 3 nitrogen and oxygen atoms in total. The molecule has 0 amide bonds. The van der Waals surface area contributed by atoms with Crippen LogP contribution in [0.25, 0.3) is 0 Å². The van der Waals surface area contributed by atoms with E-state index >= 15 is 0 Å². The number of hydrogen-bond acceptors (Lipinski definition) is 2. The lowest BCUT2D eigenvalue weighted by molar-refractivity contribution is -0.144. The van der Waals surface area contributed by atoms with Crippen molar-refractivity contribution in [1.82, 2.24) is 0 Å². The molecule has 1 rings (SSSR count). The van der Waals surface area contributed by atoms with E-state index in [-0.39, 0.29) is 17.9 Å². The van der Waals surface area contributed by atoms with Gasteiger partial charge in [0.1, 0.15) is 0 Å². The lowest BCUT2D eigenvalue weighted by Crippen LogP contribution is -2.27. The number of carbonyl (C=O) groups is 1. The first-order valence-electron chi connectivity index (χ1n) is 4.51. The molecule has 0 saturated carbocycles. The smallest absolute Gasteiger partial charge is 0.306 e. The molecular formula is C9H16O3. The predicted molar refractivity (Wildman–Crippen MR) is 44.9 cm³/mol. The number of carboxylic acids is 1. The van der Waals surface area contributed by atoms with E-state index in [1.165, 1.54) is 0 Å². The van der Waals surface area contributed by atoms with Gasteiger partial charge in [0.2, 0.25) is 0 Å². The number of rotatable bonds is 3. The minimum atomic E-state index is -0.681. The summed E-state index contributed by atoms with van der Waals surface area (Å²) in [7, 11) is 0. The Hall–Kier alpha value is -0.570. The van der Waals surface area contributed by atoms with Crippen LogP contribution in [0.1, 0.15) is 26.7 Å². The zero-order valence-corrected chi connectivity index (χ0v) is 7.62. The first-order chi connectivity index (χ1) is 5.66. The lowest BCUT2D eigenvalue weighted by atomic mass is 9.85. The maximum absolute atomic E-state index is 10.8. The van der Waals surface area contributed by atoms with Crippen molar-refractivity contribution < 1.29 is 14.6 Å². The van der Waals surface area contributed by atoms with Crippen LogP contribution in [0.2, 0.25) is 0 Å². The van der Waals surface area contributed by atoms with E-state index in [9.17, 15) is 4.79 Å². The van der Waals surface area contributed by atoms with Crippen molar-refractivity contribution in [2.45, 2.75) is 32.8 Å². The highest BCUT2D eigenvalue weighted by Crippen LogP contribution is 2.30. The first kappa shape index (κ1) is 9.52. The Morgan fingerprint density at radius 2 is 2.42 bits per heavy atom. The van der Waals surface area contributed by atoms with Gasteiger partial charge in [-0.15, -0.1) is 0 Å². The van der Waals surface area contributed by atoms with Crippen LogP contribution >= 0.6 is 0 Å². The van der Waals surface area contributed by atoms with Crippen LogP contribution in [-0.2, 0) is 9.53 Å². The van der Waals surface area contributed by atoms with Crippen LogP contribution in [0, 0.1) is 11.8 Å². The predicted octanol–water partition coefficient (Wildman–Crippen LogP) is 1.52. The van der Waals surface area contributed by atoms with Gasteiger partial charge in [-0.3, -0.25) is 4.79 Å². The largest absolute Gasteiger partial charge is 0.481 e. The Kier molecular flexibility index (Phi) is 3.09. The topological polar surface area (TPSA) is 46.5 Å². The SMILES string of the molecule is CCC(C(=O)O)C1CCOC1C. The van der Waals surface area contributed by atoms with E-state index in [1.807, 2.05) is 13.8 Å². The molecule has 1 aliphatic rings. The fraction of sp³-hybridized carbons (Fsp3) is 0.889.